The molecular weight excluding hydrogens is 166 g/mol. The molecule has 0 amide bonds. The molecule has 0 spiro atoms. The van der Waals surface area contributed by atoms with Crippen molar-refractivity contribution in [2.45, 2.75) is 32.5 Å². The number of rotatable bonds is 0. The molecule has 0 aliphatic carbocycles. The molecule has 1 N–H and O–H groups in total. The molecule has 3 heteroatoms. The number of fused-ring (bicyclic) bond motifs is 1. The van der Waals surface area contributed by atoms with Crippen LogP contribution in [-0.2, 0) is 9.47 Å². The second kappa shape index (κ2) is 3.56. The maximum Gasteiger partial charge on any atom is 0.0961 e. The molecule has 2 saturated heterocycles. The molecule has 2 atom stereocenters. The molecule has 3 nitrogen and oxygen atoms in total. The second-order valence-corrected chi connectivity index (χ2v) is 4.82. The molecule has 76 valence electrons. The van der Waals surface area contributed by atoms with Crippen molar-refractivity contribution < 1.29 is 9.47 Å². The van der Waals surface area contributed by atoms with Crippen molar-refractivity contribution in [1.82, 2.24) is 5.32 Å². The van der Waals surface area contributed by atoms with E-state index >= 15 is 0 Å². The van der Waals surface area contributed by atoms with Crippen LogP contribution in [0, 0.1) is 5.41 Å². The van der Waals surface area contributed by atoms with Crippen molar-refractivity contribution >= 4 is 0 Å². The fraction of sp³-hybridized carbons (Fsp3) is 1.00. The lowest BCUT2D eigenvalue weighted by atomic mass is 9.86. The molecular formula is C10H19NO2. The van der Waals surface area contributed by atoms with Gasteiger partial charge in [-0.05, 0) is 11.8 Å². The Balaban J connectivity index is 2.03. The van der Waals surface area contributed by atoms with Crippen molar-refractivity contribution in [1.29, 1.82) is 0 Å². The van der Waals surface area contributed by atoms with Crippen LogP contribution in [0.5, 0.6) is 0 Å². The highest BCUT2D eigenvalue weighted by Crippen LogP contribution is 2.28. The van der Waals surface area contributed by atoms with Crippen LogP contribution in [-0.4, -0.2) is 38.5 Å². The van der Waals surface area contributed by atoms with Gasteiger partial charge >= 0.3 is 0 Å². The average molecular weight is 185 g/mol. The van der Waals surface area contributed by atoms with Crippen molar-refractivity contribution in [2.75, 3.05) is 26.3 Å². The van der Waals surface area contributed by atoms with E-state index in [1.54, 1.807) is 0 Å². The van der Waals surface area contributed by atoms with Crippen LogP contribution < -0.4 is 5.32 Å². The SMILES string of the molecule is CC1(C)CNCC2OCCOC2C1. The third kappa shape index (κ3) is 2.22. The molecule has 0 aromatic heterocycles. The molecule has 2 heterocycles. The summed E-state index contributed by atoms with van der Waals surface area (Å²) in [5.41, 5.74) is 0.333. The third-order valence-corrected chi connectivity index (χ3v) is 2.86. The van der Waals surface area contributed by atoms with Gasteiger partial charge in [0.05, 0.1) is 25.4 Å². The van der Waals surface area contributed by atoms with Gasteiger partial charge in [0.1, 0.15) is 0 Å². The predicted octanol–water partition coefficient (Wildman–Crippen LogP) is 0.790. The summed E-state index contributed by atoms with van der Waals surface area (Å²) >= 11 is 0. The summed E-state index contributed by atoms with van der Waals surface area (Å²) in [6.07, 6.45) is 1.68. The lowest BCUT2D eigenvalue weighted by molar-refractivity contribution is -0.141. The van der Waals surface area contributed by atoms with Crippen LogP contribution in [0.25, 0.3) is 0 Å². The largest absolute Gasteiger partial charge is 0.373 e. The van der Waals surface area contributed by atoms with Crippen LogP contribution in [0.2, 0.25) is 0 Å². The van der Waals surface area contributed by atoms with E-state index in [0.29, 0.717) is 11.5 Å². The molecule has 2 aliphatic heterocycles. The molecule has 0 radical (unpaired) electrons. The molecule has 0 aromatic carbocycles. The molecule has 0 saturated carbocycles. The monoisotopic (exact) mass is 185 g/mol. The Morgan fingerprint density at radius 1 is 1.15 bits per heavy atom. The van der Waals surface area contributed by atoms with Crippen molar-refractivity contribution in [3.63, 3.8) is 0 Å². The Morgan fingerprint density at radius 3 is 2.62 bits per heavy atom. The van der Waals surface area contributed by atoms with Crippen LogP contribution in [0.1, 0.15) is 20.3 Å². The normalized spacial score (nSPS) is 39.2. The summed E-state index contributed by atoms with van der Waals surface area (Å²) < 4.78 is 11.4. The zero-order valence-electron chi connectivity index (χ0n) is 8.51. The van der Waals surface area contributed by atoms with E-state index in [1.165, 1.54) is 0 Å². The lowest BCUT2D eigenvalue weighted by Crippen LogP contribution is -2.42. The first-order chi connectivity index (χ1) is 6.17. The highest BCUT2D eigenvalue weighted by atomic mass is 16.6. The van der Waals surface area contributed by atoms with E-state index in [4.69, 9.17) is 9.47 Å². The van der Waals surface area contributed by atoms with Gasteiger partial charge in [0.25, 0.3) is 0 Å². The van der Waals surface area contributed by atoms with Gasteiger partial charge in [0.2, 0.25) is 0 Å². The Morgan fingerprint density at radius 2 is 1.85 bits per heavy atom. The molecule has 2 aliphatic rings. The fourth-order valence-electron chi connectivity index (χ4n) is 2.16. The Kier molecular flexibility index (Phi) is 2.58. The minimum atomic E-state index is 0.274. The minimum Gasteiger partial charge on any atom is -0.373 e. The highest BCUT2D eigenvalue weighted by Gasteiger charge is 2.35. The zero-order valence-corrected chi connectivity index (χ0v) is 8.51. The van der Waals surface area contributed by atoms with Crippen molar-refractivity contribution in [3.8, 4) is 0 Å². The fourth-order valence-corrected chi connectivity index (χ4v) is 2.16. The van der Waals surface area contributed by atoms with Gasteiger partial charge in [-0.3, -0.25) is 0 Å². The van der Waals surface area contributed by atoms with Gasteiger partial charge in [-0.1, -0.05) is 13.8 Å². The predicted molar refractivity (Wildman–Crippen MR) is 50.7 cm³/mol. The first-order valence-electron chi connectivity index (χ1n) is 5.11. The molecule has 2 unspecified atom stereocenters. The maximum absolute atomic E-state index is 5.73. The van der Waals surface area contributed by atoms with Gasteiger partial charge in [0.15, 0.2) is 0 Å². The van der Waals surface area contributed by atoms with E-state index in [-0.39, 0.29) is 6.10 Å². The second-order valence-electron chi connectivity index (χ2n) is 4.82. The standard InChI is InChI=1S/C10H19NO2/c1-10(2)5-8-9(6-11-7-10)13-4-3-12-8/h8-9,11H,3-7H2,1-2H3. The van der Waals surface area contributed by atoms with Gasteiger partial charge in [-0.15, -0.1) is 0 Å². The number of ether oxygens (including phenoxy) is 2. The Labute approximate surface area is 79.8 Å². The summed E-state index contributed by atoms with van der Waals surface area (Å²) in [7, 11) is 0. The quantitative estimate of drug-likeness (QED) is 0.605. The van der Waals surface area contributed by atoms with Gasteiger partial charge in [-0.25, -0.2) is 0 Å². The van der Waals surface area contributed by atoms with Crippen LogP contribution in [0.4, 0.5) is 0 Å². The highest BCUT2D eigenvalue weighted by molar-refractivity contribution is 4.87. The minimum absolute atomic E-state index is 0.274. The van der Waals surface area contributed by atoms with Gasteiger partial charge in [0, 0.05) is 13.1 Å². The maximum atomic E-state index is 5.73. The first kappa shape index (κ1) is 9.44. The summed E-state index contributed by atoms with van der Waals surface area (Å²) in [6.45, 7) is 8.07. The molecule has 2 rings (SSSR count). The molecule has 0 bridgehead atoms. The van der Waals surface area contributed by atoms with Crippen molar-refractivity contribution in [3.05, 3.63) is 0 Å². The van der Waals surface area contributed by atoms with E-state index in [0.717, 1.165) is 32.7 Å². The van der Waals surface area contributed by atoms with Crippen molar-refractivity contribution in [2.24, 2.45) is 5.41 Å². The summed E-state index contributed by atoms with van der Waals surface area (Å²) in [6, 6.07) is 0. The van der Waals surface area contributed by atoms with Gasteiger partial charge in [-0.2, -0.15) is 0 Å². The molecule has 13 heavy (non-hydrogen) atoms. The smallest absolute Gasteiger partial charge is 0.0961 e. The van der Waals surface area contributed by atoms with E-state index in [2.05, 4.69) is 19.2 Å². The molecule has 0 aromatic rings. The average Bonchev–Trinajstić information content (AvgIpc) is 2.21. The summed E-state index contributed by atoms with van der Waals surface area (Å²) in [5.74, 6) is 0. The number of nitrogens with one attached hydrogen (secondary N) is 1. The van der Waals surface area contributed by atoms with E-state index < -0.39 is 0 Å². The Hall–Kier alpha value is -0.120. The van der Waals surface area contributed by atoms with Crippen LogP contribution in [0.3, 0.4) is 0 Å². The molecule has 2 fully saturated rings. The lowest BCUT2D eigenvalue weighted by Gasteiger charge is -2.33. The van der Waals surface area contributed by atoms with E-state index in [9.17, 15) is 0 Å². The number of hydrogen-bond acceptors (Lipinski definition) is 3. The zero-order chi connectivity index (χ0) is 9.31. The Bertz CT molecular complexity index is 182. The van der Waals surface area contributed by atoms with E-state index in [1.807, 2.05) is 0 Å². The third-order valence-electron chi connectivity index (χ3n) is 2.86. The van der Waals surface area contributed by atoms with Gasteiger partial charge < -0.3 is 14.8 Å². The topological polar surface area (TPSA) is 30.5 Å². The first-order valence-corrected chi connectivity index (χ1v) is 5.11. The number of hydrogen-bond donors (Lipinski definition) is 1. The van der Waals surface area contributed by atoms with Crippen LogP contribution in [0.15, 0.2) is 0 Å². The summed E-state index contributed by atoms with van der Waals surface area (Å²) in [4.78, 5) is 0. The van der Waals surface area contributed by atoms with Crippen LogP contribution >= 0.6 is 0 Å². The summed E-state index contributed by atoms with van der Waals surface area (Å²) in [5, 5.41) is 3.43.